The van der Waals surface area contributed by atoms with Crippen molar-refractivity contribution in [3.8, 4) is 16.8 Å². The lowest BCUT2D eigenvalue weighted by molar-refractivity contribution is -0.114. The Morgan fingerprint density at radius 1 is 0.963 bits per heavy atom. The van der Waals surface area contributed by atoms with Crippen LogP contribution in [0.25, 0.3) is 16.8 Å². The maximum atomic E-state index is 12.3. The Morgan fingerprint density at radius 2 is 1.63 bits per heavy atom. The predicted octanol–water partition coefficient (Wildman–Crippen LogP) is 2.87. The molecule has 0 saturated heterocycles. The number of amides is 1. The van der Waals surface area contributed by atoms with Crippen LogP contribution in [0.2, 0.25) is 0 Å². The second kappa shape index (κ2) is 7.20. The van der Waals surface area contributed by atoms with Gasteiger partial charge in [0.05, 0.1) is 10.6 Å². The van der Waals surface area contributed by atoms with Crippen molar-refractivity contribution in [3.63, 3.8) is 0 Å². The molecule has 1 amide bonds. The summed E-state index contributed by atoms with van der Waals surface area (Å²) in [5.74, 6) is -0.195. The minimum absolute atomic E-state index is 0.195. The second-order valence-electron chi connectivity index (χ2n) is 6.15. The van der Waals surface area contributed by atoms with Crippen molar-refractivity contribution < 1.29 is 13.2 Å². The molecule has 1 heterocycles. The molecular formula is C20H18N2O4S. The van der Waals surface area contributed by atoms with Crippen molar-refractivity contribution in [3.05, 3.63) is 77.2 Å². The lowest BCUT2D eigenvalue weighted by Gasteiger charge is -2.11. The van der Waals surface area contributed by atoms with Gasteiger partial charge in [0.2, 0.25) is 5.91 Å². The van der Waals surface area contributed by atoms with Gasteiger partial charge in [-0.3, -0.25) is 14.2 Å². The Bertz CT molecular complexity index is 1160. The van der Waals surface area contributed by atoms with Gasteiger partial charge in [-0.1, -0.05) is 18.2 Å². The van der Waals surface area contributed by atoms with Crippen LogP contribution in [-0.4, -0.2) is 25.1 Å². The van der Waals surface area contributed by atoms with E-state index in [1.54, 1.807) is 48.7 Å². The van der Waals surface area contributed by atoms with Gasteiger partial charge in [-0.05, 0) is 47.5 Å². The van der Waals surface area contributed by atoms with Crippen LogP contribution in [0, 0.1) is 0 Å². The van der Waals surface area contributed by atoms with Crippen molar-refractivity contribution >= 4 is 21.4 Å². The number of hydrogen-bond donors (Lipinski definition) is 1. The van der Waals surface area contributed by atoms with Gasteiger partial charge in [0.1, 0.15) is 0 Å². The van der Waals surface area contributed by atoms with Crippen LogP contribution >= 0.6 is 0 Å². The smallest absolute Gasteiger partial charge is 0.255 e. The average Bonchev–Trinajstić information content (AvgIpc) is 2.61. The van der Waals surface area contributed by atoms with Crippen molar-refractivity contribution in [2.24, 2.45) is 0 Å². The summed E-state index contributed by atoms with van der Waals surface area (Å²) >= 11 is 0. The number of nitrogens with zero attached hydrogens (tertiary/aromatic N) is 1. The molecule has 0 atom stereocenters. The van der Waals surface area contributed by atoms with Gasteiger partial charge < -0.3 is 5.32 Å². The Labute approximate surface area is 157 Å². The van der Waals surface area contributed by atoms with Crippen LogP contribution in [-0.2, 0) is 14.6 Å². The highest BCUT2D eigenvalue weighted by molar-refractivity contribution is 7.90. The van der Waals surface area contributed by atoms with Gasteiger partial charge in [-0.2, -0.15) is 0 Å². The first kappa shape index (κ1) is 18.6. The zero-order chi connectivity index (χ0) is 19.6. The van der Waals surface area contributed by atoms with E-state index in [4.69, 9.17) is 0 Å². The van der Waals surface area contributed by atoms with Crippen molar-refractivity contribution in [1.29, 1.82) is 0 Å². The molecule has 2 aromatic carbocycles. The number of aromatic nitrogens is 1. The number of hydrogen-bond acceptors (Lipinski definition) is 4. The summed E-state index contributed by atoms with van der Waals surface area (Å²) in [4.78, 5) is 23.8. The fraction of sp³-hybridized carbons (Fsp3) is 0.100. The monoisotopic (exact) mass is 382 g/mol. The minimum Gasteiger partial charge on any atom is -0.326 e. The maximum absolute atomic E-state index is 12.3. The van der Waals surface area contributed by atoms with E-state index in [2.05, 4.69) is 5.32 Å². The normalized spacial score (nSPS) is 11.2. The van der Waals surface area contributed by atoms with E-state index >= 15 is 0 Å². The van der Waals surface area contributed by atoms with Gasteiger partial charge in [-0.15, -0.1) is 0 Å². The van der Waals surface area contributed by atoms with Crippen LogP contribution in [0.15, 0.2) is 76.6 Å². The number of carbonyl (C=O) groups excluding carboxylic acids is 1. The van der Waals surface area contributed by atoms with Crippen molar-refractivity contribution in [2.45, 2.75) is 11.8 Å². The van der Waals surface area contributed by atoms with E-state index < -0.39 is 9.84 Å². The summed E-state index contributed by atoms with van der Waals surface area (Å²) in [6, 6.07) is 16.6. The Hall–Kier alpha value is -3.19. The number of anilines is 1. The highest BCUT2D eigenvalue weighted by atomic mass is 32.2. The first-order chi connectivity index (χ1) is 12.7. The fourth-order valence-corrected chi connectivity index (χ4v) is 3.32. The topological polar surface area (TPSA) is 85.2 Å². The third-order valence-electron chi connectivity index (χ3n) is 3.97. The molecule has 0 aliphatic heterocycles. The lowest BCUT2D eigenvalue weighted by Crippen LogP contribution is -2.16. The van der Waals surface area contributed by atoms with E-state index in [0.29, 0.717) is 11.4 Å². The molecule has 0 aliphatic carbocycles. The fourth-order valence-electron chi connectivity index (χ4n) is 2.69. The first-order valence-corrected chi connectivity index (χ1v) is 10.0. The number of rotatable bonds is 4. The number of benzene rings is 2. The molecule has 1 aromatic heterocycles. The number of pyridine rings is 1. The molecule has 0 aliphatic rings. The molecule has 0 bridgehead atoms. The third-order valence-corrected chi connectivity index (χ3v) is 5.10. The summed E-state index contributed by atoms with van der Waals surface area (Å²) in [5.41, 5.74) is 2.54. The predicted molar refractivity (Wildman–Crippen MR) is 105 cm³/mol. The highest BCUT2D eigenvalue weighted by Gasteiger charge is 2.08. The van der Waals surface area contributed by atoms with Crippen molar-refractivity contribution in [1.82, 2.24) is 4.57 Å². The van der Waals surface area contributed by atoms with E-state index in [-0.39, 0.29) is 16.4 Å². The highest BCUT2D eigenvalue weighted by Crippen LogP contribution is 2.22. The second-order valence-corrected chi connectivity index (χ2v) is 8.17. The van der Waals surface area contributed by atoms with Gasteiger partial charge in [0.15, 0.2) is 9.84 Å². The maximum Gasteiger partial charge on any atom is 0.255 e. The summed E-state index contributed by atoms with van der Waals surface area (Å²) in [7, 11) is -3.26. The molecule has 3 rings (SSSR count). The molecule has 0 saturated carbocycles. The molecule has 138 valence electrons. The Morgan fingerprint density at radius 3 is 2.26 bits per heavy atom. The molecule has 27 heavy (non-hydrogen) atoms. The summed E-state index contributed by atoms with van der Waals surface area (Å²) in [5, 5.41) is 2.69. The molecule has 6 nitrogen and oxygen atoms in total. The van der Waals surface area contributed by atoms with Gasteiger partial charge in [-0.25, -0.2) is 8.42 Å². The Balaban J connectivity index is 2.03. The van der Waals surface area contributed by atoms with Crippen LogP contribution in [0.4, 0.5) is 5.69 Å². The molecule has 0 radical (unpaired) electrons. The van der Waals surface area contributed by atoms with Crippen molar-refractivity contribution in [2.75, 3.05) is 11.6 Å². The lowest BCUT2D eigenvalue weighted by atomic mass is 10.1. The zero-order valence-corrected chi connectivity index (χ0v) is 15.7. The van der Waals surface area contributed by atoms with E-state index in [1.165, 1.54) is 29.7 Å². The summed E-state index contributed by atoms with van der Waals surface area (Å²) in [6.45, 7) is 1.42. The molecule has 0 spiro atoms. The molecule has 1 N–H and O–H groups in total. The molecular weight excluding hydrogens is 364 g/mol. The van der Waals surface area contributed by atoms with E-state index in [1.807, 2.05) is 0 Å². The number of carbonyl (C=O) groups is 1. The van der Waals surface area contributed by atoms with Crippen LogP contribution in [0.3, 0.4) is 0 Å². The quantitative estimate of drug-likeness (QED) is 0.752. The SMILES string of the molecule is CC(=O)Nc1cccc(-n2cc(-c3ccc(S(C)(=O)=O)cc3)ccc2=O)c1. The zero-order valence-electron chi connectivity index (χ0n) is 14.8. The van der Waals surface area contributed by atoms with E-state index in [9.17, 15) is 18.0 Å². The van der Waals surface area contributed by atoms with E-state index in [0.717, 1.165) is 17.4 Å². The third kappa shape index (κ3) is 4.32. The number of nitrogens with one attached hydrogen (secondary N) is 1. The van der Waals surface area contributed by atoms with Crippen LogP contribution in [0.5, 0.6) is 0 Å². The largest absolute Gasteiger partial charge is 0.326 e. The molecule has 0 fully saturated rings. The Kier molecular flexibility index (Phi) is 4.96. The molecule has 3 aromatic rings. The average molecular weight is 382 g/mol. The molecule has 7 heteroatoms. The van der Waals surface area contributed by atoms with Crippen LogP contribution in [0.1, 0.15) is 6.92 Å². The summed E-state index contributed by atoms with van der Waals surface area (Å²) < 4.78 is 24.7. The number of sulfone groups is 1. The minimum atomic E-state index is -3.26. The summed E-state index contributed by atoms with van der Waals surface area (Å²) in [6.07, 6.45) is 2.84. The van der Waals surface area contributed by atoms with Gasteiger partial charge >= 0.3 is 0 Å². The van der Waals surface area contributed by atoms with Gasteiger partial charge in [0.25, 0.3) is 5.56 Å². The standard InChI is InChI=1S/C20H18N2O4S/c1-14(23)21-17-4-3-5-18(12-17)22-13-16(8-11-20(22)24)15-6-9-19(10-7-15)27(2,25)26/h3-13H,1-2H3,(H,21,23). The molecule has 0 unspecified atom stereocenters. The first-order valence-electron chi connectivity index (χ1n) is 8.15. The van der Waals surface area contributed by atoms with Crippen LogP contribution < -0.4 is 10.9 Å². The van der Waals surface area contributed by atoms with Gasteiger partial charge in [0, 0.05) is 31.1 Å².